The summed E-state index contributed by atoms with van der Waals surface area (Å²) in [6, 6.07) is 16.5. The summed E-state index contributed by atoms with van der Waals surface area (Å²) in [5.74, 6) is 0. The molecular formula is C15H17Cl3N2. The van der Waals surface area contributed by atoms with Gasteiger partial charge in [-0.25, -0.2) is 0 Å². The number of benzene rings is 2. The van der Waals surface area contributed by atoms with Crippen molar-refractivity contribution in [1.29, 1.82) is 0 Å². The molecule has 0 aliphatic carbocycles. The van der Waals surface area contributed by atoms with Crippen molar-refractivity contribution in [2.45, 2.75) is 6.54 Å². The fourth-order valence-electron chi connectivity index (χ4n) is 2.34. The smallest absolute Gasteiger partial charge is 0.0605 e. The SMILES string of the molecule is Cl.Cl.Clc1ccccc1CN1CCNc2ccccc21. The molecule has 2 nitrogen and oxygen atoms in total. The number of rotatable bonds is 2. The summed E-state index contributed by atoms with van der Waals surface area (Å²) in [4.78, 5) is 2.37. The minimum Gasteiger partial charge on any atom is -0.382 e. The summed E-state index contributed by atoms with van der Waals surface area (Å²) < 4.78 is 0. The van der Waals surface area contributed by atoms with Crippen LogP contribution < -0.4 is 10.2 Å². The van der Waals surface area contributed by atoms with Crippen LogP contribution in [0, 0.1) is 0 Å². The van der Waals surface area contributed by atoms with E-state index >= 15 is 0 Å². The Morgan fingerprint density at radius 2 is 1.70 bits per heavy atom. The summed E-state index contributed by atoms with van der Waals surface area (Å²) in [6.07, 6.45) is 0. The maximum absolute atomic E-state index is 6.23. The summed E-state index contributed by atoms with van der Waals surface area (Å²) in [5, 5.41) is 4.26. The molecule has 0 saturated carbocycles. The van der Waals surface area contributed by atoms with Crippen LogP contribution in [0.4, 0.5) is 11.4 Å². The molecule has 0 bridgehead atoms. The van der Waals surface area contributed by atoms with Crippen molar-refractivity contribution in [2.24, 2.45) is 0 Å². The van der Waals surface area contributed by atoms with E-state index in [1.165, 1.54) is 16.9 Å². The van der Waals surface area contributed by atoms with Gasteiger partial charge in [0, 0.05) is 24.7 Å². The number of anilines is 2. The predicted octanol–water partition coefficient (Wildman–Crippen LogP) is 4.62. The highest BCUT2D eigenvalue weighted by molar-refractivity contribution is 6.31. The molecule has 0 unspecified atom stereocenters. The van der Waals surface area contributed by atoms with Crippen LogP contribution in [0.3, 0.4) is 0 Å². The van der Waals surface area contributed by atoms with Gasteiger partial charge in [-0.05, 0) is 23.8 Å². The molecule has 20 heavy (non-hydrogen) atoms. The number of nitrogens with zero attached hydrogens (tertiary/aromatic N) is 1. The van der Waals surface area contributed by atoms with E-state index in [-0.39, 0.29) is 24.8 Å². The van der Waals surface area contributed by atoms with Crippen molar-refractivity contribution < 1.29 is 0 Å². The number of fused-ring (bicyclic) bond motifs is 1. The molecule has 0 atom stereocenters. The molecule has 1 N–H and O–H groups in total. The van der Waals surface area contributed by atoms with E-state index in [0.717, 1.165) is 24.7 Å². The first-order chi connectivity index (χ1) is 8.84. The average molecular weight is 332 g/mol. The summed E-state index contributed by atoms with van der Waals surface area (Å²) in [6.45, 7) is 2.84. The first kappa shape index (κ1) is 17.0. The third kappa shape index (κ3) is 3.51. The minimum atomic E-state index is 0. The van der Waals surface area contributed by atoms with Gasteiger partial charge in [-0.3, -0.25) is 0 Å². The molecule has 0 spiro atoms. The van der Waals surface area contributed by atoms with E-state index in [4.69, 9.17) is 11.6 Å². The van der Waals surface area contributed by atoms with E-state index in [1.54, 1.807) is 0 Å². The van der Waals surface area contributed by atoms with Gasteiger partial charge >= 0.3 is 0 Å². The lowest BCUT2D eigenvalue weighted by molar-refractivity contribution is 0.787. The monoisotopic (exact) mass is 330 g/mol. The molecule has 1 aliphatic rings. The van der Waals surface area contributed by atoms with Crippen molar-refractivity contribution in [3.05, 3.63) is 59.1 Å². The molecule has 2 aromatic rings. The third-order valence-electron chi connectivity index (χ3n) is 3.26. The zero-order valence-corrected chi connectivity index (χ0v) is 13.3. The number of halogens is 3. The predicted molar refractivity (Wildman–Crippen MR) is 91.9 cm³/mol. The molecule has 0 saturated heterocycles. The second kappa shape index (κ2) is 7.63. The van der Waals surface area contributed by atoms with Crippen LogP contribution in [0.2, 0.25) is 5.02 Å². The van der Waals surface area contributed by atoms with Crippen molar-refractivity contribution >= 4 is 47.8 Å². The van der Waals surface area contributed by atoms with Crippen LogP contribution in [0.1, 0.15) is 5.56 Å². The minimum absolute atomic E-state index is 0. The van der Waals surface area contributed by atoms with Crippen LogP contribution in [-0.4, -0.2) is 13.1 Å². The van der Waals surface area contributed by atoms with E-state index < -0.39 is 0 Å². The number of hydrogen-bond donors (Lipinski definition) is 1. The first-order valence-corrected chi connectivity index (χ1v) is 6.53. The molecule has 1 aliphatic heterocycles. The number of hydrogen-bond acceptors (Lipinski definition) is 2. The van der Waals surface area contributed by atoms with E-state index in [1.807, 2.05) is 18.2 Å². The number of nitrogens with one attached hydrogen (secondary N) is 1. The van der Waals surface area contributed by atoms with Gasteiger partial charge in [0.05, 0.1) is 11.4 Å². The third-order valence-corrected chi connectivity index (χ3v) is 3.63. The first-order valence-electron chi connectivity index (χ1n) is 6.16. The van der Waals surface area contributed by atoms with Gasteiger partial charge < -0.3 is 10.2 Å². The second-order valence-corrected chi connectivity index (χ2v) is 4.86. The van der Waals surface area contributed by atoms with Gasteiger partial charge in [0.15, 0.2) is 0 Å². The summed E-state index contributed by atoms with van der Waals surface area (Å²) in [7, 11) is 0. The maximum Gasteiger partial charge on any atom is 0.0605 e. The molecule has 108 valence electrons. The molecule has 2 aromatic carbocycles. The Bertz CT molecular complexity index is 560. The maximum atomic E-state index is 6.23. The summed E-state index contributed by atoms with van der Waals surface area (Å²) >= 11 is 6.23. The molecule has 3 rings (SSSR count). The Morgan fingerprint density at radius 3 is 2.50 bits per heavy atom. The molecular weight excluding hydrogens is 315 g/mol. The van der Waals surface area contributed by atoms with Crippen LogP contribution in [0.15, 0.2) is 48.5 Å². The summed E-state index contributed by atoms with van der Waals surface area (Å²) in [5.41, 5.74) is 3.63. The molecule has 0 fully saturated rings. The van der Waals surface area contributed by atoms with Crippen molar-refractivity contribution in [3.63, 3.8) is 0 Å². The van der Waals surface area contributed by atoms with Crippen molar-refractivity contribution in [2.75, 3.05) is 23.3 Å². The molecule has 0 amide bonds. The van der Waals surface area contributed by atoms with Gasteiger partial charge in [-0.15, -0.1) is 24.8 Å². The molecule has 0 radical (unpaired) electrons. The van der Waals surface area contributed by atoms with Crippen molar-refractivity contribution in [3.8, 4) is 0 Å². The average Bonchev–Trinajstić information content (AvgIpc) is 2.42. The topological polar surface area (TPSA) is 15.3 Å². The lowest BCUT2D eigenvalue weighted by Gasteiger charge is -2.32. The van der Waals surface area contributed by atoms with Gasteiger partial charge in [0.2, 0.25) is 0 Å². The second-order valence-electron chi connectivity index (χ2n) is 4.46. The highest BCUT2D eigenvalue weighted by Gasteiger charge is 2.16. The van der Waals surface area contributed by atoms with Gasteiger partial charge in [-0.1, -0.05) is 41.9 Å². The fraction of sp³-hybridized carbons (Fsp3) is 0.200. The van der Waals surface area contributed by atoms with Crippen molar-refractivity contribution in [1.82, 2.24) is 0 Å². The normalized spacial score (nSPS) is 12.6. The van der Waals surface area contributed by atoms with Crippen LogP contribution in [-0.2, 0) is 6.54 Å². The highest BCUT2D eigenvalue weighted by atomic mass is 35.5. The standard InChI is InChI=1S/C15H15ClN2.2ClH/c16-13-6-2-1-5-12(13)11-18-10-9-17-14-7-3-4-8-15(14)18;;/h1-8,17H,9-11H2;2*1H. The van der Waals surface area contributed by atoms with Gasteiger partial charge in [-0.2, -0.15) is 0 Å². The molecule has 5 heteroatoms. The van der Waals surface area contributed by atoms with E-state index in [9.17, 15) is 0 Å². The van der Waals surface area contributed by atoms with Crippen LogP contribution in [0.25, 0.3) is 0 Å². The fourth-order valence-corrected chi connectivity index (χ4v) is 2.54. The van der Waals surface area contributed by atoms with Crippen LogP contribution in [0.5, 0.6) is 0 Å². The molecule has 0 aromatic heterocycles. The Kier molecular flexibility index (Phi) is 6.47. The Morgan fingerprint density at radius 1 is 1.00 bits per heavy atom. The molecule has 1 heterocycles. The van der Waals surface area contributed by atoms with Crippen LogP contribution >= 0.6 is 36.4 Å². The Hall–Kier alpha value is -1.09. The van der Waals surface area contributed by atoms with E-state index in [2.05, 4.69) is 40.5 Å². The van der Waals surface area contributed by atoms with E-state index in [0.29, 0.717) is 0 Å². The van der Waals surface area contributed by atoms with Gasteiger partial charge in [0.25, 0.3) is 0 Å². The largest absolute Gasteiger partial charge is 0.382 e. The number of para-hydroxylation sites is 2. The zero-order chi connectivity index (χ0) is 12.4. The quantitative estimate of drug-likeness (QED) is 0.864. The van der Waals surface area contributed by atoms with Gasteiger partial charge in [0.1, 0.15) is 0 Å². The Labute approximate surface area is 136 Å². The lowest BCUT2D eigenvalue weighted by Crippen LogP contribution is -2.33. The zero-order valence-electron chi connectivity index (χ0n) is 10.9. The highest BCUT2D eigenvalue weighted by Crippen LogP contribution is 2.30. The Balaban J connectivity index is 0.000001000. The lowest BCUT2D eigenvalue weighted by atomic mass is 10.1.